The Labute approximate surface area is 182 Å². The van der Waals surface area contributed by atoms with Gasteiger partial charge in [0, 0.05) is 29.2 Å². The van der Waals surface area contributed by atoms with Crippen molar-refractivity contribution >= 4 is 17.5 Å². The molecule has 0 aliphatic carbocycles. The van der Waals surface area contributed by atoms with E-state index in [1.54, 1.807) is 12.1 Å². The summed E-state index contributed by atoms with van der Waals surface area (Å²) in [6.07, 6.45) is 0.217. The molecule has 1 aliphatic rings. The van der Waals surface area contributed by atoms with Crippen LogP contribution in [0, 0.1) is 6.92 Å². The van der Waals surface area contributed by atoms with E-state index in [2.05, 4.69) is 20.6 Å². The van der Waals surface area contributed by atoms with Crippen LogP contribution < -0.4 is 10.9 Å². The van der Waals surface area contributed by atoms with Gasteiger partial charge in [-0.25, -0.2) is 5.10 Å². The summed E-state index contributed by atoms with van der Waals surface area (Å²) in [5, 5.41) is 13.8. The standard InChI is InChI=1S/C23H19N5O4/c1-12-22-16(18-8-7-17(32-18)15-5-3-14(4-6-15)13(2)29)11-21(31)24-23(22)28(27-12)19-9-10-20(30)26-25-19/h3-10,16H,11H2,1-2H3,(H,24,31)(H,26,30)/t16-/m0/s1. The van der Waals surface area contributed by atoms with E-state index in [0.29, 0.717) is 28.7 Å². The summed E-state index contributed by atoms with van der Waals surface area (Å²) in [6.45, 7) is 3.38. The van der Waals surface area contributed by atoms with Gasteiger partial charge in [-0.3, -0.25) is 14.4 Å². The number of ketones is 1. The summed E-state index contributed by atoms with van der Waals surface area (Å²) in [7, 11) is 0. The molecule has 0 saturated heterocycles. The number of furan rings is 1. The second-order valence-corrected chi connectivity index (χ2v) is 7.68. The van der Waals surface area contributed by atoms with Crippen LogP contribution in [0.25, 0.3) is 17.1 Å². The number of nitrogens with one attached hydrogen (secondary N) is 2. The van der Waals surface area contributed by atoms with Crippen LogP contribution >= 0.6 is 0 Å². The highest BCUT2D eigenvalue weighted by atomic mass is 16.3. The summed E-state index contributed by atoms with van der Waals surface area (Å²) in [5.41, 5.74) is 2.71. The Kier molecular flexibility index (Phi) is 4.58. The van der Waals surface area contributed by atoms with Crippen molar-refractivity contribution in [1.29, 1.82) is 0 Å². The van der Waals surface area contributed by atoms with Gasteiger partial charge in [0.15, 0.2) is 11.6 Å². The Balaban J connectivity index is 1.54. The van der Waals surface area contributed by atoms with Crippen molar-refractivity contribution < 1.29 is 14.0 Å². The number of benzene rings is 1. The van der Waals surface area contributed by atoms with Crippen LogP contribution in [0.1, 0.15) is 46.6 Å². The maximum atomic E-state index is 12.5. The number of carbonyl (C=O) groups excluding carboxylic acids is 2. The number of H-pyrrole nitrogens is 1. The van der Waals surface area contributed by atoms with Crippen molar-refractivity contribution in [2.45, 2.75) is 26.2 Å². The lowest BCUT2D eigenvalue weighted by molar-refractivity contribution is -0.116. The Bertz CT molecular complexity index is 1390. The summed E-state index contributed by atoms with van der Waals surface area (Å²) >= 11 is 0. The third kappa shape index (κ3) is 3.33. The zero-order valence-electron chi connectivity index (χ0n) is 17.4. The molecular formula is C23H19N5O4. The predicted molar refractivity (Wildman–Crippen MR) is 116 cm³/mol. The average Bonchev–Trinajstić information content (AvgIpc) is 3.39. The quantitative estimate of drug-likeness (QED) is 0.480. The number of hydrogen-bond acceptors (Lipinski definition) is 6. The molecule has 1 amide bonds. The van der Waals surface area contributed by atoms with Gasteiger partial charge in [-0.2, -0.15) is 14.9 Å². The van der Waals surface area contributed by atoms with E-state index in [1.165, 1.54) is 23.7 Å². The molecule has 4 heterocycles. The van der Waals surface area contributed by atoms with E-state index < -0.39 is 0 Å². The van der Waals surface area contributed by atoms with E-state index in [-0.39, 0.29) is 29.6 Å². The Morgan fingerprint density at radius 1 is 1.09 bits per heavy atom. The second kappa shape index (κ2) is 7.45. The third-order valence-corrected chi connectivity index (χ3v) is 5.53. The molecule has 1 aromatic carbocycles. The molecule has 0 unspecified atom stereocenters. The first-order valence-corrected chi connectivity index (χ1v) is 10.1. The number of aryl methyl sites for hydroxylation is 1. The largest absolute Gasteiger partial charge is 0.460 e. The Hall–Kier alpha value is -4.27. The van der Waals surface area contributed by atoms with Crippen LogP contribution in [0.3, 0.4) is 0 Å². The van der Waals surface area contributed by atoms with Crippen LogP contribution in [0.2, 0.25) is 0 Å². The van der Waals surface area contributed by atoms with Crippen molar-refractivity contribution in [1.82, 2.24) is 20.0 Å². The molecule has 0 bridgehead atoms. The lowest BCUT2D eigenvalue weighted by Gasteiger charge is -2.22. The summed E-state index contributed by atoms with van der Waals surface area (Å²) in [5.74, 6) is 1.70. The molecule has 0 fully saturated rings. The molecule has 160 valence electrons. The van der Waals surface area contributed by atoms with Gasteiger partial charge in [0.05, 0.1) is 11.6 Å². The number of anilines is 1. The Morgan fingerprint density at radius 3 is 2.56 bits per heavy atom. The molecule has 1 atom stereocenters. The number of aromatic nitrogens is 4. The number of hydrogen-bond donors (Lipinski definition) is 2. The van der Waals surface area contributed by atoms with Gasteiger partial charge in [0.1, 0.15) is 17.3 Å². The molecule has 0 radical (unpaired) electrons. The first-order valence-electron chi connectivity index (χ1n) is 10.1. The number of rotatable bonds is 4. The van der Waals surface area contributed by atoms with E-state index >= 15 is 0 Å². The zero-order valence-corrected chi connectivity index (χ0v) is 17.4. The molecule has 1 aliphatic heterocycles. The predicted octanol–water partition coefficient (Wildman–Crippen LogP) is 3.20. The fourth-order valence-corrected chi connectivity index (χ4v) is 3.98. The first kappa shape index (κ1) is 19.7. The number of carbonyl (C=O) groups is 2. The van der Waals surface area contributed by atoms with Gasteiger partial charge in [-0.15, -0.1) is 0 Å². The highest BCUT2D eigenvalue weighted by Gasteiger charge is 2.34. The maximum absolute atomic E-state index is 12.5. The van der Waals surface area contributed by atoms with E-state index in [0.717, 1.165) is 16.8 Å². The van der Waals surface area contributed by atoms with Gasteiger partial charge >= 0.3 is 0 Å². The number of fused-ring (bicyclic) bond motifs is 1. The minimum absolute atomic E-state index is 0.00176. The molecule has 2 N–H and O–H groups in total. The van der Waals surface area contributed by atoms with Crippen LogP contribution in [-0.2, 0) is 4.79 Å². The fourth-order valence-electron chi connectivity index (χ4n) is 3.98. The smallest absolute Gasteiger partial charge is 0.264 e. The average molecular weight is 429 g/mol. The molecule has 0 saturated carbocycles. The highest BCUT2D eigenvalue weighted by Crippen LogP contribution is 2.41. The van der Waals surface area contributed by atoms with Crippen LogP contribution in [-0.4, -0.2) is 31.7 Å². The van der Waals surface area contributed by atoms with Crippen molar-refractivity contribution in [3.63, 3.8) is 0 Å². The normalized spacial score (nSPS) is 15.3. The Morgan fingerprint density at radius 2 is 1.88 bits per heavy atom. The lowest BCUT2D eigenvalue weighted by Crippen LogP contribution is -2.25. The number of aromatic amines is 1. The van der Waals surface area contributed by atoms with Crippen molar-refractivity contribution in [3.05, 3.63) is 81.5 Å². The SMILES string of the molecule is CC(=O)c1ccc(-c2ccc([C@@H]3CC(=O)Nc4c3c(C)nn4-c3ccc(=O)[nH]n3)o2)cc1. The minimum atomic E-state index is -0.326. The molecule has 9 heteroatoms. The molecule has 9 nitrogen and oxygen atoms in total. The van der Waals surface area contributed by atoms with Gasteiger partial charge in [0.25, 0.3) is 5.56 Å². The maximum Gasteiger partial charge on any atom is 0.264 e. The number of nitrogens with zero attached hydrogens (tertiary/aromatic N) is 3. The molecule has 5 rings (SSSR count). The van der Waals surface area contributed by atoms with Gasteiger partial charge < -0.3 is 9.73 Å². The fraction of sp³-hybridized carbons (Fsp3) is 0.174. The van der Waals surface area contributed by atoms with Crippen LogP contribution in [0.5, 0.6) is 0 Å². The van der Waals surface area contributed by atoms with Gasteiger partial charge in [-0.1, -0.05) is 24.3 Å². The summed E-state index contributed by atoms with van der Waals surface area (Å²) < 4.78 is 7.64. The number of amides is 1. The first-order chi connectivity index (χ1) is 15.4. The monoisotopic (exact) mass is 429 g/mol. The van der Waals surface area contributed by atoms with E-state index in [4.69, 9.17) is 4.42 Å². The molecule has 3 aromatic heterocycles. The van der Waals surface area contributed by atoms with Crippen molar-refractivity contribution in [2.24, 2.45) is 0 Å². The van der Waals surface area contributed by atoms with Crippen molar-refractivity contribution in [2.75, 3.05) is 5.32 Å². The zero-order chi connectivity index (χ0) is 22.4. The van der Waals surface area contributed by atoms with Crippen LogP contribution in [0.15, 0.2) is 57.7 Å². The molecule has 4 aromatic rings. The van der Waals surface area contributed by atoms with Gasteiger partial charge in [0.2, 0.25) is 5.91 Å². The topological polar surface area (TPSA) is 123 Å². The van der Waals surface area contributed by atoms with Gasteiger partial charge in [-0.05, 0) is 32.0 Å². The van der Waals surface area contributed by atoms with Crippen LogP contribution in [0.4, 0.5) is 5.82 Å². The van der Waals surface area contributed by atoms with Crippen molar-refractivity contribution in [3.8, 4) is 17.1 Å². The summed E-state index contributed by atoms with van der Waals surface area (Å²) in [4.78, 5) is 35.4. The minimum Gasteiger partial charge on any atom is -0.460 e. The molecular weight excluding hydrogens is 410 g/mol. The highest BCUT2D eigenvalue weighted by molar-refractivity contribution is 5.95. The number of Topliss-reactive ketones (excluding diaryl/α,β-unsaturated/α-hetero) is 1. The van der Waals surface area contributed by atoms with E-state index in [9.17, 15) is 14.4 Å². The second-order valence-electron chi connectivity index (χ2n) is 7.68. The molecule has 0 spiro atoms. The lowest BCUT2D eigenvalue weighted by atomic mass is 9.90. The molecule has 32 heavy (non-hydrogen) atoms. The van der Waals surface area contributed by atoms with E-state index in [1.807, 2.05) is 31.2 Å². The third-order valence-electron chi connectivity index (χ3n) is 5.53. The summed E-state index contributed by atoms with van der Waals surface area (Å²) in [6, 6.07) is 13.8.